The van der Waals surface area contributed by atoms with E-state index in [-0.39, 0.29) is 24.7 Å². The van der Waals surface area contributed by atoms with Gasteiger partial charge in [0.1, 0.15) is 5.58 Å². The molecule has 1 aromatic carbocycles. The first-order chi connectivity index (χ1) is 12.4. The van der Waals surface area contributed by atoms with Crippen molar-refractivity contribution in [3.63, 3.8) is 0 Å². The number of hydrogen-bond acceptors (Lipinski definition) is 5. The monoisotopic (exact) mass is 359 g/mol. The minimum atomic E-state index is -0.840. The van der Waals surface area contributed by atoms with Gasteiger partial charge in [-0.1, -0.05) is 6.92 Å². The van der Waals surface area contributed by atoms with Gasteiger partial charge in [-0.15, -0.1) is 0 Å². The Morgan fingerprint density at radius 1 is 1.27 bits per heavy atom. The smallest absolute Gasteiger partial charge is 0.336 e. The van der Waals surface area contributed by atoms with Crippen molar-refractivity contribution in [2.45, 2.75) is 31.8 Å². The van der Waals surface area contributed by atoms with Gasteiger partial charge < -0.3 is 20.2 Å². The summed E-state index contributed by atoms with van der Waals surface area (Å²) in [4.78, 5) is 36.0. The van der Waals surface area contributed by atoms with E-state index in [2.05, 4.69) is 10.6 Å². The Morgan fingerprint density at radius 2 is 2.04 bits per heavy atom. The van der Waals surface area contributed by atoms with Gasteiger partial charge in [-0.25, -0.2) is 9.59 Å². The van der Waals surface area contributed by atoms with Gasteiger partial charge in [-0.05, 0) is 43.7 Å². The van der Waals surface area contributed by atoms with Gasteiger partial charge in [0.25, 0.3) is 0 Å². The number of carbonyl (C=O) groups excluding carboxylic acids is 1. The van der Waals surface area contributed by atoms with Gasteiger partial charge in [-0.3, -0.25) is 9.69 Å². The third-order valence-corrected chi connectivity index (χ3v) is 4.59. The van der Waals surface area contributed by atoms with E-state index in [4.69, 9.17) is 9.52 Å². The second kappa shape index (κ2) is 7.57. The average Bonchev–Trinajstić information content (AvgIpc) is 2.56. The molecule has 0 spiro atoms. The summed E-state index contributed by atoms with van der Waals surface area (Å²) < 4.78 is 5.05. The molecule has 1 fully saturated rings. The fourth-order valence-corrected chi connectivity index (χ4v) is 3.18. The molecule has 0 saturated heterocycles. The molecule has 8 heteroatoms. The van der Waals surface area contributed by atoms with Crippen molar-refractivity contribution in [1.29, 1.82) is 0 Å². The molecular formula is C18H21N3O5. The molecule has 138 valence electrons. The maximum atomic E-state index is 12.1. The number of hydrogen-bond donors (Lipinski definition) is 3. The lowest BCUT2D eigenvalue weighted by Crippen LogP contribution is -2.55. The fraction of sp³-hybridized carbons (Fsp3) is 0.389. The van der Waals surface area contributed by atoms with Crippen LogP contribution in [-0.2, 0) is 4.79 Å². The van der Waals surface area contributed by atoms with E-state index in [1.54, 1.807) is 24.3 Å². The van der Waals surface area contributed by atoms with Crippen molar-refractivity contribution in [2.24, 2.45) is 0 Å². The normalized spacial score (nSPS) is 19.2. The second-order valence-corrected chi connectivity index (χ2v) is 6.38. The number of likely N-dealkylation sites (N-methyl/N-ethyl adjacent to an activating group) is 1. The Hall–Kier alpha value is -2.87. The van der Waals surface area contributed by atoms with Crippen LogP contribution in [0.1, 0.15) is 19.8 Å². The summed E-state index contributed by atoms with van der Waals surface area (Å²) in [5.41, 5.74) is 0.642. The minimum absolute atomic E-state index is 0.0211. The van der Waals surface area contributed by atoms with E-state index in [1.807, 2.05) is 11.8 Å². The molecule has 1 aliphatic carbocycles. The second-order valence-electron chi connectivity index (χ2n) is 6.38. The molecule has 1 heterocycles. The molecule has 0 bridgehead atoms. The Labute approximate surface area is 149 Å². The lowest BCUT2D eigenvalue weighted by Gasteiger charge is -2.42. The first-order valence-corrected chi connectivity index (χ1v) is 8.52. The van der Waals surface area contributed by atoms with Crippen molar-refractivity contribution in [3.8, 4) is 0 Å². The molecule has 26 heavy (non-hydrogen) atoms. The van der Waals surface area contributed by atoms with Crippen LogP contribution in [0, 0.1) is 0 Å². The molecule has 8 nitrogen and oxygen atoms in total. The lowest BCUT2D eigenvalue weighted by atomic mass is 9.85. The lowest BCUT2D eigenvalue weighted by molar-refractivity contribution is -0.139. The van der Waals surface area contributed by atoms with Crippen molar-refractivity contribution in [2.75, 3.05) is 18.4 Å². The summed E-state index contributed by atoms with van der Waals surface area (Å²) >= 11 is 0. The van der Waals surface area contributed by atoms with Crippen LogP contribution in [0.15, 0.2) is 39.5 Å². The van der Waals surface area contributed by atoms with Crippen molar-refractivity contribution < 1.29 is 19.1 Å². The first kappa shape index (κ1) is 17.9. The summed E-state index contributed by atoms with van der Waals surface area (Å²) in [6, 6.07) is 7.90. The predicted octanol–water partition coefficient (Wildman–Crippen LogP) is 1.85. The average molecular weight is 359 g/mol. The number of fused-ring (bicyclic) bond motifs is 1. The summed E-state index contributed by atoms with van der Waals surface area (Å²) in [5.74, 6) is -0.840. The number of carbonyl (C=O) groups is 2. The van der Waals surface area contributed by atoms with Crippen LogP contribution in [-0.4, -0.2) is 47.2 Å². The van der Waals surface area contributed by atoms with Gasteiger partial charge in [-0.2, -0.15) is 0 Å². The third kappa shape index (κ3) is 4.20. The number of carboxylic acids is 1. The quantitative estimate of drug-likeness (QED) is 0.679. The van der Waals surface area contributed by atoms with Gasteiger partial charge in [0.05, 0.1) is 6.54 Å². The predicted molar refractivity (Wildman–Crippen MR) is 96.3 cm³/mol. The number of benzene rings is 1. The molecule has 1 aromatic heterocycles. The molecule has 3 rings (SSSR count). The molecule has 0 radical (unpaired) electrons. The number of nitrogens with zero attached hydrogens (tertiary/aromatic N) is 1. The number of urea groups is 1. The van der Waals surface area contributed by atoms with Crippen molar-refractivity contribution in [3.05, 3.63) is 40.8 Å². The Balaban J connectivity index is 1.51. The van der Waals surface area contributed by atoms with Crippen LogP contribution in [0.3, 0.4) is 0 Å². The molecule has 2 aromatic rings. The van der Waals surface area contributed by atoms with E-state index >= 15 is 0 Å². The molecule has 3 N–H and O–H groups in total. The summed E-state index contributed by atoms with van der Waals surface area (Å²) in [5, 5.41) is 15.3. The number of nitrogens with one attached hydrogen (secondary N) is 2. The van der Waals surface area contributed by atoms with E-state index in [0.29, 0.717) is 17.8 Å². The zero-order valence-corrected chi connectivity index (χ0v) is 14.4. The van der Waals surface area contributed by atoms with Crippen LogP contribution in [0.5, 0.6) is 0 Å². The van der Waals surface area contributed by atoms with Crippen molar-refractivity contribution >= 4 is 28.7 Å². The number of rotatable bonds is 6. The van der Waals surface area contributed by atoms with Gasteiger partial charge in [0, 0.05) is 29.2 Å². The van der Waals surface area contributed by atoms with Crippen LogP contribution in [0.25, 0.3) is 11.0 Å². The molecule has 1 aliphatic rings. The molecular weight excluding hydrogens is 338 g/mol. The van der Waals surface area contributed by atoms with Gasteiger partial charge in [0.2, 0.25) is 0 Å². The highest BCUT2D eigenvalue weighted by Crippen LogP contribution is 2.25. The van der Waals surface area contributed by atoms with E-state index in [0.717, 1.165) is 18.2 Å². The Kier molecular flexibility index (Phi) is 5.22. The number of aliphatic carboxylic acids is 1. The molecule has 1 saturated carbocycles. The van der Waals surface area contributed by atoms with Crippen molar-refractivity contribution in [1.82, 2.24) is 10.2 Å². The highest BCUT2D eigenvalue weighted by molar-refractivity contribution is 5.92. The SMILES string of the molecule is CCN(CC(=O)O)C1CC(NC(=O)Nc2ccc3oc(=O)ccc3c2)C1. The number of anilines is 1. The highest BCUT2D eigenvalue weighted by atomic mass is 16.4. The van der Waals surface area contributed by atoms with Crippen LogP contribution in [0.2, 0.25) is 0 Å². The molecule has 0 unspecified atom stereocenters. The summed E-state index contributed by atoms with van der Waals surface area (Å²) in [7, 11) is 0. The summed E-state index contributed by atoms with van der Waals surface area (Å²) in [6.07, 6.45) is 1.47. The van der Waals surface area contributed by atoms with E-state index in [9.17, 15) is 14.4 Å². The zero-order chi connectivity index (χ0) is 18.7. The number of carboxylic acid groups (broad SMARTS) is 1. The highest BCUT2D eigenvalue weighted by Gasteiger charge is 2.34. The molecule has 0 atom stereocenters. The zero-order valence-electron chi connectivity index (χ0n) is 14.4. The maximum Gasteiger partial charge on any atom is 0.336 e. The van der Waals surface area contributed by atoms with Gasteiger partial charge >= 0.3 is 17.6 Å². The fourth-order valence-electron chi connectivity index (χ4n) is 3.18. The van der Waals surface area contributed by atoms with E-state index < -0.39 is 11.6 Å². The Bertz CT molecular complexity index is 873. The van der Waals surface area contributed by atoms with Crippen LogP contribution < -0.4 is 16.3 Å². The first-order valence-electron chi connectivity index (χ1n) is 8.52. The third-order valence-electron chi connectivity index (χ3n) is 4.59. The largest absolute Gasteiger partial charge is 0.480 e. The summed E-state index contributed by atoms with van der Waals surface area (Å²) in [6.45, 7) is 2.62. The minimum Gasteiger partial charge on any atom is -0.480 e. The standard InChI is InChI=1S/C18H21N3O5/c1-2-21(10-16(22)23)14-8-13(9-14)20-18(25)19-12-4-5-15-11(7-12)3-6-17(24)26-15/h3-7,13-14H,2,8-10H2,1H3,(H,22,23)(H2,19,20,25). The Morgan fingerprint density at radius 3 is 2.73 bits per heavy atom. The van der Waals surface area contributed by atoms with Gasteiger partial charge in [0.15, 0.2) is 0 Å². The number of amides is 2. The maximum absolute atomic E-state index is 12.1. The molecule has 0 aliphatic heterocycles. The van der Waals surface area contributed by atoms with Crippen LogP contribution in [0.4, 0.5) is 10.5 Å². The van der Waals surface area contributed by atoms with E-state index in [1.165, 1.54) is 6.07 Å². The van der Waals surface area contributed by atoms with Crippen LogP contribution >= 0.6 is 0 Å². The topological polar surface area (TPSA) is 112 Å². The molecule has 2 amide bonds.